The lowest BCUT2D eigenvalue weighted by Gasteiger charge is -2.14. The summed E-state index contributed by atoms with van der Waals surface area (Å²) in [7, 11) is 0. The number of halogens is 2. The Morgan fingerprint density at radius 2 is 2.05 bits per heavy atom. The van der Waals surface area contributed by atoms with Crippen molar-refractivity contribution in [1.82, 2.24) is 9.97 Å². The van der Waals surface area contributed by atoms with Crippen LogP contribution in [0.3, 0.4) is 0 Å². The van der Waals surface area contributed by atoms with Crippen LogP contribution in [0.5, 0.6) is 0 Å². The molecule has 0 aromatic carbocycles. The van der Waals surface area contributed by atoms with Gasteiger partial charge in [-0.05, 0) is 50.3 Å². The van der Waals surface area contributed by atoms with E-state index in [0.717, 1.165) is 33.4 Å². The molecule has 4 nitrogen and oxygen atoms in total. The second-order valence-electron chi connectivity index (χ2n) is 4.77. The third-order valence-corrected chi connectivity index (χ3v) is 4.19. The van der Waals surface area contributed by atoms with Crippen LogP contribution in [0.1, 0.15) is 38.8 Å². The van der Waals surface area contributed by atoms with Gasteiger partial charge in [0.25, 0.3) is 0 Å². The van der Waals surface area contributed by atoms with Crippen molar-refractivity contribution in [2.75, 3.05) is 11.9 Å². The molecule has 0 aliphatic rings. The van der Waals surface area contributed by atoms with Crippen molar-refractivity contribution in [2.24, 2.45) is 0 Å². The molecule has 2 aromatic heterocycles. The van der Waals surface area contributed by atoms with Crippen LogP contribution in [-0.4, -0.2) is 16.5 Å². The summed E-state index contributed by atoms with van der Waals surface area (Å²) in [5.74, 6) is 2.34. The van der Waals surface area contributed by atoms with Crippen molar-refractivity contribution >= 4 is 37.7 Å². The molecule has 0 atom stereocenters. The molecule has 2 aromatic rings. The minimum Gasteiger partial charge on any atom is -0.460 e. The van der Waals surface area contributed by atoms with E-state index in [0.29, 0.717) is 17.5 Å². The topological polar surface area (TPSA) is 51.0 Å². The number of aromatic nitrogens is 2. The van der Waals surface area contributed by atoms with Crippen molar-refractivity contribution in [1.29, 1.82) is 0 Å². The molecule has 0 saturated carbocycles. The van der Waals surface area contributed by atoms with Gasteiger partial charge in [0.2, 0.25) is 0 Å². The molecular formula is C14H17Br2N3O. The quantitative estimate of drug-likeness (QED) is 0.745. The molecule has 0 radical (unpaired) electrons. The minimum absolute atomic E-state index is 0.294. The SMILES string of the molecule is CCCNc1nc(-c2occc2Br)nc(C(C)C)c1Br. The van der Waals surface area contributed by atoms with Crippen molar-refractivity contribution < 1.29 is 4.42 Å². The smallest absolute Gasteiger partial charge is 0.199 e. The summed E-state index contributed by atoms with van der Waals surface area (Å²) in [4.78, 5) is 9.19. The number of anilines is 1. The molecule has 6 heteroatoms. The highest BCUT2D eigenvalue weighted by atomic mass is 79.9. The van der Waals surface area contributed by atoms with Gasteiger partial charge in [-0.1, -0.05) is 20.8 Å². The Balaban J connectivity index is 2.53. The van der Waals surface area contributed by atoms with E-state index in [9.17, 15) is 0 Å². The first kappa shape index (κ1) is 15.5. The van der Waals surface area contributed by atoms with Gasteiger partial charge in [-0.15, -0.1) is 0 Å². The third kappa shape index (κ3) is 3.23. The maximum absolute atomic E-state index is 5.47. The molecule has 1 N–H and O–H groups in total. The Kier molecular flexibility index (Phi) is 5.21. The highest BCUT2D eigenvalue weighted by molar-refractivity contribution is 9.11. The fraction of sp³-hybridized carbons (Fsp3) is 0.429. The van der Waals surface area contributed by atoms with E-state index in [1.807, 2.05) is 6.07 Å². The Hall–Kier alpha value is -0.880. The molecule has 0 spiro atoms. The van der Waals surface area contributed by atoms with Gasteiger partial charge in [0.05, 0.1) is 20.9 Å². The van der Waals surface area contributed by atoms with Crippen molar-refractivity contribution in [2.45, 2.75) is 33.1 Å². The number of nitrogens with zero attached hydrogens (tertiary/aromatic N) is 2. The summed E-state index contributed by atoms with van der Waals surface area (Å²) in [6.07, 6.45) is 2.66. The molecule has 0 aliphatic heterocycles. The number of hydrogen-bond acceptors (Lipinski definition) is 4. The molecule has 0 fully saturated rings. The average Bonchev–Trinajstić information content (AvgIpc) is 2.83. The van der Waals surface area contributed by atoms with Gasteiger partial charge in [0, 0.05) is 6.54 Å². The van der Waals surface area contributed by atoms with Crippen LogP contribution in [0.15, 0.2) is 25.7 Å². The highest BCUT2D eigenvalue weighted by Gasteiger charge is 2.18. The normalized spacial score (nSPS) is 11.1. The minimum atomic E-state index is 0.294. The fourth-order valence-electron chi connectivity index (χ4n) is 1.76. The summed E-state index contributed by atoms with van der Waals surface area (Å²) in [5, 5.41) is 3.32. The second-order valence-corrected chi connectivity index (χ2v) is 6.42. The van der Waals surface area contributed by atoms with Gasteiger partial charge in [-0.25, -0.2) is 9.97 Å². The van der Waals surface area contributed by atoms with E-state index in [-0.39, 0.29) is 0 Å². The summed E-state index contributed by atoms with van der Waals surface area (Å²) >= 11 is 7.05. The van der Waals surface area contributed by atoms with Crippen molar-refractivity contribution in [3.63, 3.8) is 0 Å². The van der Waals surface area contributed by atoms with E-state index in [4.69, 9.17) is 4.42 Å². The van der Waals surface area contributed by atoms with E-state index in [1.165, 1.54) is 0 Å². The van der Waals surface area contributed by atoms with Gasteiger partial charge >= 0.3 is 0 Å². The molecule has 0 amide bonds. The van der Waals surface area contributed by atoms with Crippen LogP contribution >= 0.6 is 31.9 Å². The molecule has 0 saturated heterocycles. The molecule has 0 aliphatic carbocycles. The van der Waals surface area contributed by atoms with Gasteiger partial charge in [0.15, 0.2) is 11.6 Å². The van der Waals surface area contributed by atoms with E-state index in [2.05, 4.69) is 67.9 Å². The predicted molar refractivity (Wildman–Crippen MR) is 88.0 cm³/mol. The Morgan fingerprint density at radius 1 is 1.30 bits per heavy atom. The number of furan rings is 1. The van der Waals surface area contributed by atoms with Crippen LogP contribution in [0, 0.1) is 0 Å². The molecule has 2 heterocycles. The standard InChI is InChI=1S/C14H17Br2N3O/c1-4-6-17-13-10(16)11(8(2)3)18-14(19-13)12-9(15)5-7-20-12/h5,7-8H,4,6H2,1-3H3,(H,17,18,19). The summed E-state index contributed by atoms with van der Waals surface area (Å²) in [6, 6.07) is 1.84. The maximum Gasteiger partial charge on any atom is 0.199 e. The zero-order valence-electron chi connectivity index (χ0n) is 11.7. The van der Waals surface area contributed by atoms with Gasteiger partial charge in [-0.3, -0.25) is 0 Å². The number of nitrogens with one attached hydrogen (secondary N) is 1. The first-order valence-corrected chi connectivity index (χ1v) is 8.17. The summed E-state index contributed by atoms with van der Waals surface area (Å²) in [5.41, 5.74) is 0.969. The van der Waals surface area contributed by atoms with E-state index < -0.39 is 0 Å². The largest absolute Gasteiger partial charge is 0.460 e. The maximum atomic E-state index is 5.47. The molecule has 0 unspecified atom stereocenters. The van der Waals surface area contributed by atoms with Crippen molar-refractivity contribution in [3.05, 3.63) is 27.0 Å². The molecule has 108 valence electrons. The molecule has 0 bridgehead atoms. The van der Waals surface area contributed by atoms with E-state index in [1.54, 1.807) is 6.26 Å². The van der Waals surface area contributed by atoms with E-state index >= 15 is 0 Å². The Bertz CT molecular complexity index is 596. The van der Waals surface area contributed by atoms with Crippen LogP contribution < -0.4 is 5.32 Å². The fourth-order valence-corrected chi connectivity index (χ4v) is 2.92. The van der Waals surface area contributed by atoms with Crippen molar-refractivity contribution in [3.8, 4) is 11.6 Å². The van der Waals surface area contributed by atoms with Gasteiger partial charge < -0.3 is 9.73 Å². The van der Waals surface area contributed by atoms with Gasteiger partial charge in [-0.2, -0.15) is 0 Å². The lowest BCUT2D eigenvalue weighted by Crippen LogP contribution is -2.08. The monoisotopic (exact) mass is 401 g/mol. The predicted octanol–water partition coefficient (Wildman–Crippen LogP) is 5.21. The second kappa shape index (κ2) is 6.72. The van der Waals surface area contributed by atoms with Crippen LogP contribution in [0.2, 0.25) is 0 Å². The Morgan fingerprint density at radius 3 is 2.60 bits per heavy atom. The van der Waals surface area contributed by atoms with Crippen LogP contribution in [-0.2, 0) is 0 Å². The number of rotatable bonds is 5. The van der Waals surface area contributed by atoms with Crippen LogP contribution in [0.4, 0.5) is 5.82 Å². The summed E-state index contributed by atoms with van der Waals surface area (Å²) in [6.45, 7) is 7.21. The van der Waals surface area contributed by atoms with Crippen LogP contribution in [0.25, 0.3) is 11.6 Å². The molecule has 2 rings (SSSR count). The first-order valence-electron chi connectivity index (χ1n) is 6.59. The van der Waals surface area contributed by atoms with Gasteiger partial charge in [0.1, 0.15) is 5.82 Å². The lowest BCUT2D eigenvalue weighted by atomic mass is 10.1. The zero-order chi connectivity index (χ0) is 14.7. The first-order chi connectivity index (χ1) is 9.54. The zero-order valence-corrected chi connectivity index (χ0v) is 14.9. The highest BCUT2D eigenvalue weighted by Crippen LogP contribution is 2.34. The number of hydrogen-bond donors (Lipinski definition) is 1. The lowest BCUT2D eigenvalue weighted by molar-refractivity contribution is 0.575. The third-order valence-electron chi connectivity index (χ3n) is 2.79. The Labute approximate surface area is 135 Å². The summed E-state index contributed by atoms with van der Waals surface area (Å²) < 4.78 is 7.25. The molecular weight excluding hydrogens is 386 g/mol. The average molecular weight is 403 g/mol. The molecule has 20 heavy (non-hydrogen) atoms.